The zero-order valence-corrected chi connectivity index (χ0v) is 12.7. The summed E-state index contributed by atoms with van der Waals surface area (Å²) in [6, 6.07) is 7.97. The third-order valence-electron chi connectivity index (χ3n) is 4.31. The molecule has 112 valence electrons. The molecule has 1 aromatic rings. The Morgan fingerprint density at radius 1 is 1.25 bits per heavy atom. The summed E-state index contributed by atoms with van der Waals surface area (Å²) in [4.78, 5) is 0. The van der Waals surface area contributed by atoms with Gasteiger partial charge in [0.2, 0.25) is 0 Å². The smallest absolute Gasteiger partial charge is 0.119 e. The van der Waals surface area contributed by atoms with E-state index in [-0.39, 0.29) is 12.1 Å². The van der Waals surface area contributed by atoms with E-state index in [1.807, 2.05) is 25.1 Å². The summed E-state index contributed by atoms with van der Waals surface area (Å²) >= 11 is 0. The van der Waals surface area contributed by atoms with E-state index < -0.39 is 0 Å². The first-order chi connectivity index (χ1) is 9.76. The minimum Gasteiger partial charge on any atom is -0.497 e. The topological polar surface area (TPSA) is 44.5 Å². The van der Waals surface area contributed by atoms with Crippen molar-refractivity contribution >= 4 is 0 Å². The molecule has 0 bridgehead atoms. The number of methoxy groups -OCH3 is 1. The van der Waals surface area contributed by atoms with Crippen LogP contribution in [0.5, 0.6) is 5.75 Å². The van der Waals surface area contributed by atoms with E-state index >= 15 is 0 Å². The Labute approximate surface area is 122 Å². The second-order valence-electron chi connectivity index (χ2n) is 5.62. The van der Waals surface area contributed by atoms with Crippen LogP contribution in [0.4, 0.5) is 0 Å². The SMILES string of the molecule is CCOC(C1CCCCC1)C(N)c1cccc(OC)c1. The highest BCUT2D eigenvalue weighted by Gasteiger charge is 2.30. The van der Waals surface area contributed by atoms with Crippen LogP contribution < -0.4 is 10.5 Å². The van der Waals surface area contributed by atoms with Gasteiger partial charge in [-0.05, 0) is 43.4 Å². The Morgan fingerprint density at radius 3 is 2.65 bits per heavy atom. The van der Waals surface area contributed by atoms with Crippen molar-refractivity contribution in [1.82, 2.24) is 0 Å². The van der Waals surface area contributed by atoms with E-state index in [9.17, 15) is 0 Å². The van der Waals surface area contributed by atoms with Gasteiger partial charge in [-0.3, -0.25) is 0 Å². The summed E-state index contributed by atoms with van der Waals surface area (Å²) in [5.41, 5.74) is 7.60. The van der Waals surface area contributed by atoms with Crippen LogP contribution in [0.25, 0.3) is 0 Å². The molecule has 0 saturated heterocycles. The predicted octanol–water partition coefficient (Wildman–Crippen LogP) is 3.68. The highest BCUT2D eigenvalue weighted by atomic mass is 16.5. The number of hydrogen-bond donors (Lipinski definition) is 1. The first kappa shape index (κ1) is 15.3. The van der Waals surface area contributed by atoms with Crippen LogP contribution >= 0.6 is 0 Å². The molecule has 2 N–H and O–H groups in total. The first-order valence-electron chi connectivity index (χ1n) is 7.77. The molecule has 2 atom stereocenters. The fourth-order valence-electron chi connectivity index (χ4n) is 3.23. The third kappa shape index (κ3) is 3.74. The number of nitrogens with two attached hydrogens (primary N) is 1. The lowest BCUT2D eigenvalue weighted by Gasteiger charge is -2.34. The van der Waals surface area contributed by atoms with Crippen molar-refractivity contribution in [3.8, 4) is 5.75 Å². The van der Waals surface area contributed by atoms with Crippen LogP contribution in [0, 0.1) is 5.92 Å². The molecule has 0 aliphatic heterocycles. The second-order valence-corrected chi connectivity index (χ2v) is 5.62. The summed E-state index contributed by atoms with van der Waals surface area (Å²) in [6.07, 6.45) is 6.56. The second kappa shape index (κ2) is 7.65. The fourth-order valence-corrected chi connectivity index (χ4v) is 3.23. The molecule has 1 aliphatic rings. The van der Waals surface area contributed by atoms with Crippen molar-refractivity contribution < 1.29 is 9.47 Å². The van der Waals surface area contributed by atoms with Gasteiger partial charge < -0.3 is 15.2 Å². The van der Waals surface area contributed by atoms with Gasteiger partial charge in [-0.25, -0.2) is 0 Å². The average Bonchev–Trinajstić information content (AvgIpc) is 2.53. The molecule has 0 amide bonds. The van der Waals surface area contributed by atoms with E-state index in [0.717, 1.165) is 17.9 Å². The van der Waals surface area contributed by atoms with Gasteiger partial charge in [0.1, 0.15) is 5.75 Å². The molecule has 0 aromatic heterocycles. The van der Waals surface area contributed by atoms with Crippen molar-refractivity contribution in [3.63, 3.8) is 0 Å². The van der Waals surface area contributed by atoms with Gasteiger partial charge in [-0.1, -0.05) is 31.4 Å². The molecule has 1 saturated carbocycles. The Balaban J connectivity index is 2.14. The van der Waals surface area contributed by atoms with Gasteiger partial charge >= 0.3 is 0 Å². The molecule has 1 aromatic carbocycles. The molecule has 2 rings (SSSR count). The maximum absolute atomic E-state index is 6.50. The van der Waals surface area contributed by atoms with Crippen molar-refractivity contribution in [2.45, 2.75) is 51.2 Å². The Morgan fingerprint density at radius 2 is 2.00 bits per heavy atom. The van der Waals surface area contributed by atoms with Gasteiger partial charge in [0.25, 0.3) is 0 Å². The quantitative estimate of drug-likeness (QED) is 0.862. The highest BCUT2D eigenvalue weighted by molar-refractivity contribution is 5.31. The summed E-state index contributed by atoms with van der Waals surface area (Å²) in [6.45, 7) is 2.77. The average molecular weight is 277 g/mol. The summed E-state index contributed by atoms with van der Waals surface area (Å²) < 4.78 is 11.3. The third-order valence-corrected chi connectivity index (χ3v) is 4.31. The maximum atomic E-state index is 6.50. The van der Waals surface area contributed by atoms with Crippen molar-refractivity contribution in [1.29, 1.82) is 0 Å². The molecule has 2 unspecified atom stereocenters. The van der Waals surface area contributed by atoms with Crippen LogP contribution in [-0.2, 0) is 4.74 Å². The molecule has 1 aliphatic carbocycles. The van der Waals surface area contributed by atoms with Gasteiger partial charge in [0.15, 0.2) is 0 Å². The van der Waals surface area contributed by atoms with Gasteiger partial charge in [-0.15, -0.1) is 0 Å². The molecule has 3 nitrogen and oxygen atoms in total. The van der Waals surface area contributed by atoms with Gasteiger partial charge in [0, 0.05) is 6.61 Å². The Hall–Kier alpha value is -1.06. The lowest BCUT2D eigenvalue weighted by Crippen LogP contribution is -2.36. The minimum atomic E-state index is -0.0758. The molecule has 0 heterocycles. The molecule has 3 heteroatoms. The lowest BCUT2D eigenvalue weighted by atomic mass is 9.81. The van der Waals surface area contributed by atoms with Crippen molar-refractivity contribution in [2.75, 3.05) is 13.7 Å². The fraction of sp³-hybridized carbons (Fsp3) is 0.647. The number of benzene rings is 1. The zero-order valence-electron chi connectivity index (χ0n) is 12.7. The van der Waals surface area contributed by atoms with E-state index in [1.54, 1.807) is 7.11 Å². The number of ether oxygens (including phenoxy) is 2. The maximum Gasteiger partial charge on any atom is 0.119 e. The van der Waals surface area contributed by atoms with Gasteiger partial charge in [0.05, 0.1) is 19.3 Å². The van der Waals surface area contributed by atoms with Crippen LogP contribution in [0.3, 0.4) is 0 Å². The summed E-state index contributed by atoms with van der Waals surface area (Å²) in [7, 11) is 1.69. The predicted molar refractivity (Wildman–Crippen MR) is 81.9 cm³/mol. The van der Waals surface area contributed by atoms with Crippen LogP contribution in [0.1, 0.15) is 50.6 Å². The van der Waals surface area contributed by atoms with E-state index in [4.69, 9.17) is 15.2 Å². The highest BCUT2D eigenvalue weighted by Crippen LogP contribution is 2.34. The lowest BCUT2D eigenvalue weighted by molar-refractivity contribution is -0.00988. The monoisotopic (exact) mass is 277 g/mol. The Kier molecular flexibility index (Phi) is 5.86. The van der Waals surface area contributed by atoms with E-state index in [2.05, 4.69) is 6.07 Å². The number of hydrogen-bond acceptors (Lipinski definition) is 3. The molecule has 0 spiro atoms. The normalized spacial score (nSPS) is 19.6. The van der Waals surface area contributed by atoms with Gasteiger partial charge in [-0.2, -0.15) is 0 Å². The molecule has 0 radical (unpaired) electrons. The van der Waals surface area contributed by atoms with Crippen LogP contribution in [0.2, 0.25) is 0 Å². The Bertz CT molecular complexity index is 402. The molecule has 1 fully saturated rings. The minimum absolute atomic E-state index is 0.0758. The standard InChI is InChI=1S/C17H27NO2/c1-3-20-17(13-8-5-4-6-9-13)16(18)14-10-7-11-15(12-14)19-2/h7,10-13,16-17H,3-6,8-9,18H2,1-2H3. The number of rotatable bonds is 6. The van der Waals surface area contributed by atoms with Crippen molar-refractivity contribution in [2.24, 2.45) is 11.7 Å². The molecule has 20 heavy (non-hydrogen) atoms. The first-order valence-corrected chi connectivity index (χ1v) is 7.77. The van der Waals surface area contributed by atoms with Crippen molar-refractivity contribution in [3.05, 3.63) is 29.8 Å². The summed E-state index contributed by atoms with van der Waals surface area (Å²) in [5, 5.41) is 0. The molecular weight excluding hydrogens is 250 g/mol. The zero-order chi connectivity index (χ0) is 14.4. The van der Waals surface area contributed by atoms with Crippen LogP contribution in [0.15, 0.2) is 24.3 Å². The summed E-state index contributed by atoms with van der Waals surface area (Å²) in [5.74, 6) is 1.45. The van der Waals surface area contributed by atoms with E-state index in [0.29, 0.717) is 5.92 Å². The van der Waals surface area contributed by atoms with E-state index in [1.165, 1.54) is 32.1 Å². The molecular formula is C17H27NO2. The van der Waals surface area contributed by atoms with Crippen LogP contribution in [-0.4, -0.2) is 19.8 Å². The largest absolute Gasteiger partial charge is 0.497 e.